The lowest BCUT2D eigenvalue weighted by Gasteiger charge is -2.07. The van der Waals surface area contributed by atoms with Gasteiger partial charge >= 0.3 is 0 Å². The molecule has 0 bridgehead atoms. The van der Waals surface area contributed by atoms with Crippen LogP contribution >= 0.6 is 22.9 Å². The second-order valence-electron chi connectivity index (χ2n) is 5.13. The number of fused-ring (bicyclic) bond motifs is 1. The molecule has 3 rings (SSSR count). The monoisotopic (exact) mass is 351 g/mol. The van der Waals surface area contributed by atoms with Gasteiger partial charge in [0.25, 0.3) is 5.91 Å². The fourth-order valence-corrected chi connectivity index (χ4v) is 3.72. The average Bonchev–Trinajstić information content (AvgIpc) is 3.09. The van der Waals surface area contributed by atoms with Crippen LogP contribution in [0.5, 0.6) is 0 Å². The van der Waals surface area contributed by atoms with Crippen LogP contribution in [0.3, 0.4) is 0 Å². The molecule has 0 aliphatic rings. The van der Waals surface area contributed by atoms with E-state index in [1.165, 1.54) is 23.5 Å². The largest absolute Gasteiger partial charge is 0.306 e. The minimum absolute atomic E-state index is 0.310. The molecule has 0 aliphatic heterocycles. The first kappa shape index (κ1) is 16.0. The predicted molar refractivity (Wildman–Crippen MR) is 91.9 cm³/mol. The summed E-state index contributed by atoms with van der Waals surface area (Å²) in [5, 5.41) is 8.06. The van der Waals surface area contributed by atoms with E-state index in [2.05, 4.69) is 17.3 Å². The first-order valence-corrected chi connectivity index (χ1v) is 8.50. The molecule has 0 unspecified atom stereocenters. The summed E-state index contributed by atoms with van der Waals surface area (Å²) in [5.41, 5.74) is 0. The van der Waals surface area contributed by atoms with Crippen LogP contribution in [0.4, 0.5) is 10.2 Å². The number of nitrogens with zero attached hydrogens (tertiary/aromatic N) is 2. The van der Waals surface area contributed by atoms with Crippen molar-refractivity contribution in [2.24, 2.45) is 0 Å². The standard InChI is InChI=1S/C16H15ClFN3OS/c1-2-3-8-21-13(6-7-19-21)20-16(22)15-14(17)11-5-4-10(18)9-12(11)23-15/h4-7,9H,2-3,8H2,1H3,(H,20,22). The van der Waals surface area contributed by atoms with Crippen LogP contribution in [0.15, 0.2) is 30.5 Å². The molecule has 1 amide bonds. The Hall–Kier alpha value is -1.92. The summed E-state index contributed by atoms with van der Waals surface area (Å²) >= 11 is 7.45. The number of carbonyl (C=O) groups excluding carboxylic acids is 1. The van der Waals surface area contributed by atoms with E-state index in [-0.39, 0.29) is 11.7 Å². The number of aryl methyl sites for hydroxylation is 1. The normalized spacial score (nSPS) is 11.1. The van der Waals surface area contributed by atoms with Gasteiger partial charge in [0.1, 0.15) is 16.5 Å². The van der Waals surface area contributed by atoms with Crippen molar-refractivity contribution >= 4 is 44.7 Å². The van der Waals surface area contributed by atoms with Crippen LogP contribution < -0.4 is 5.32 Å². The van der Waals surface area contributed by atoms with Gasteiger partial charge < -0.3 is 5.32 Å². The van der Waals surface area contributed by atoms with Crippen LogP contribution in [0, 0.1) is 5.82 Å². The molecular formula is C16H15ClFN3OS. The van der Waals surface area contributed by atoms with Crippen molar-refractivity contribution < 1.29 is 9.18 Å². The summed E-state index contributed by atoms with van der Waals surface area (Å²) in [7, 11) is 0. The number of rotatable bonds is 5. The topological polar surface area (TPSA) is 46.9 Å². The quantitative estimate of drug-likeness (QED) is 0.707. The first-order valence-electron chi connectivity index (χ1n) is 7.31. The fraction of sp³-hybridized carbons (Fsp3) is 0.250. The van der Waals surface area contributed by atoms with Gasteiger partial charge in [-0.05, 0) is 24.6 Å². The molecule has 7 heteroatoms. The summed E-state index contributed by atoms with van der Waals surface area (Å²) in [6.07, 6.45) is 3.67. The maximum absolute atomic E-state index is 13.3. The second kappa shape index (κ2) is 6.68. The number of unbranched alkanes of at least 4 members (excludes halogenated alkanes) is 1. The molecule has 1 aromatic carbocycles. The Morgan fingerprint density at radius 3 is 3.04 bits per heavy atom. The third kappa shape index (κ3) is 3.23. The van der Waals surface area contributed by atoms with Crippen molar-refractivity contribution in [3.8, 4) is 0 Å². The van der Waals surface area contributed by atoms with Gasteiger partial charge in [-0.25, -0.2) is 9.07 Å². The van der Waals surface area contributed by atoms with Crippen LogP contribution in [0.25, 0.3) is 10.1 Å². The molecule has 0 saturated heterocycles. The highest BCUT2D eigenvalue weighted by Gasteiger charge is 2.18. The molecule has 0 atom stereocenters. The maximum Gasteiger partial charge on any atom is 0.268 e. The van der Waals surface area contributed by atoms with Gasteiger partial charge in [-0.1, -0.05) is 24.9 Å². The number of nitrogens with one attached hydrogen (secondary N) is 1. The number of amides is 1. The zero-order valence-electron chi connectivity index (χ0n) is 12.5. The van der Waals surface area contributed by atoms with E-state index in [4.69, 9.17) is 11.6 Å². The molecule has 120 valence electrons. The van der Waals surface area contributed by atoms with Gasteiger partial charge in [0.05, 0.1) is 11.2 Å². The van der Waals surface area contributed by atoms with Gasteiger partial charge in [0.15, 0.2) is 0 Å². The zero-order chi connectivity index (χ0) is 16.4. The van der Waals surface area contributed by atoms with Crippen molar-refractivity contribution in [3.05, 3.63) is 46.2 Å². The molecule has 0 aliphatic carbocycles. The van der Waals surface area contributed by atoms with Gasteiger partial charge in [-0.2, -0.15) is 5.10 Å². The van der Waals surface area contributed by atoms with E-state index in [0.29, 0.717) is 25.8 Å². The Morgan fingerprint density at radius 2 is 2.26 bits per heavy atom. The van der Waals surface area contributed by atoms with Crippen molar-refractivity contribution in [1.29, 1.82) is 0 Å². The number of anilines is 1. The van der Waals surface area contributed by atoms with E-state index < -0.39 is 0 Å². The molecule has 4 nitrogen and oxygen atoms in total. The number of hydrogen-bond donors (Lipinski definition) is 1. The number of hydrogen-bond acceptors (Lipinski definition) is 3. The molecule has 0 radical (unpaired) electrons. The highest BCUT2D eigenvalue weighted by Crippen LogP contribution is 2.36. The zero-order valence-corrected chi connectivity index (χ0v) is 14.0. The molecule has 3 aromatic rings. The summed E-state index contributed by atoms with van der Waals surface area (Å²) in [6, 6.07) is 6.05. The van der Waals surface area contributed by atoms with Crippen molar-refractivity contribution in [2.45, 2.75) is 26.3 Å². The molecule has 0 spiro atoms. The Kier molecular flexibility index (Phi) is 4.63. The molecule has 1 N–H and O–H groups in total. The lowest BCUT2D eigenvalue weighted by atomic mass is 10.2. The van der Waals surface area contributed by atoms with E-state index in [1.807, 2.05) is 0 Å². The van der Waals surface area contributed by atoms with E-state index in [0.717, 1.165) is 19.4 Å². The number of halogens is 2. The number of aromatic nitrogens is 2. The Balaban J connectivity index is 1.86. The Labute approximate surface area is 141 Å². The van der Waals surface area contributed by atoms with Gasteiger partial charge in [-0.15, -0.1) is 11.3 Å². The van der Waals surface area contributed by atoms with E-state index in [1.54, 1.807) is 23.0 Å². The van der Waals surface area contributed by atoms with Crippen molar-refractivity contribution in [1.82, 2.24) is 9.78 Å². The molecule has 23 heavy (non-hydrogen) atoms. The fourth-order valence-electron chi connectivity index (χ4n) is 2.28. The van der Waals surface area contributed by atoms with Crippen LogP contribution in [0.2, 0.25) is 5.02 Å². The third-order valence-corrected chi connectivity index (χ3v) is 5.14. The van der Waals surface area contributed by atoms with E-state index in [9.17, 15) is 9.18 Å². The smallest absolute Gasteiger partial charge is 0.268 e. The van der Waals surface area contributed by atoms with Gasteiger partial charge in [0, 0.05) is 22.7 Å². The van der Waals surface area contributed by atoms with Crippen LogP contribution in [0.1, 0.15) is 29.4 Å². The second-order valence-corrected chi connectivity index (χ2v) is 6.56. The molecule has 0 saturated carbocycles. The highest BCUT2D eigenvalue weighted by atomic mass is 35.5. The summed E-state index contributed by atoms with van der Waals surface area (Å²) < 4.78 is 15.7. The molecule has 2 heterocycles. The first-order chi connectivity index (χ1) is 11.1. The average molecular weight is 352 g/mol. The molecule has 2 aromatic heterocycles. The van der Waals surface area contributed by atoms with Gasteiger partial charge in [-0.3, -0.25) is 4.79 Å². The lowest BCUT2D eigenvalue weighted by Crippen LogP contribution is -2.15. The highest BCUT2D eigenvalue weighted by molar-refractivity contribution is 7.21. The summed E-state index contributed by atoms with van der Waals surface area (Å²) in [6.45, 7) is 2.84. The Morgan fingerprint density at radius 1 is 1.43 bits per heavy atom. The lowest BCUT2D eigenvalue weighted by molar-refractivity contribution is 0.102. The van der Waals surface area contributed by atoms with Crippen LogP contribution in [-0.2, 0) is 6.54 Å². The summed E-state index contributed by atoms with van der Waals surface area (Å²) in [4.78, 5) is 12.9. The number of carbonyl (C=O) groups is 1. The minimum atomic E-state index is -0.347. The third-order valence-electron chi connectivity index (χ3n) is 3.48. The van der Waals surface area contributed by atoms with Crippen molar-refractivity contribution in [3.63, 3.8) is 0 Å². The maximum atomic E-state index is 13.3. The Bertz CT molecular complexity index is 858. The molecular weight excluding hydrogens is 337 g/mol. The van der Waals surface area contributed by atoms with Crippen molar-refractivity contribution in [2.75, 3.05) is 5.32 Å². The van der Waals surface area contributed by atoms with E-state index >= 15 is 0 Å². The SMILES string of the molecule is CCCCn1nccc1NC(=O)c1sc2cc(F)ccc2c1Cl. The minimum Gasteiger partial charge on any atom is -0.306 e. The molecule has 0 fully saturated rings. The predicted octanol–water partition coefficient (Wildman–Crippen LogP) is 4.94. The van der Waals surface area contributed by atoms with Gasteiger partial charge in [0.2, 0.25) is 0 Å². The number of benzene rings is 1. The number of thiophene rings is 1. The summed E-state index contributed by atoms with van der Waals surface area (Å²) in [5.74, 6) is -0.0296. The van der Waals surface area contributed by atoms with Crippen LogP contribution in [-0.4, -0.2) is 15.7 Å².